The molecule has 0 aromatic rings. The number of hydrogen-bond acceptors (Lipinski definition) is 2. The van der Waals surface area contributed by atoms with Gasteiger partial charge in [-0.15, -0.1) is 6.42 Å². The Labute approximate surface area is 81.7 Å². The van der Waals surface area contributed by atoms with Gasteiger partial charge in [0.2, 0.25) is 0 Å². The van der Waals surface area contributed by atoms with Crippen LogP contribution in [0.5, 0.6) is 0 Å². The van der Waals surface area contributed by atoms with Crippen molar-refractivity contribution in [1.82, 2.24) is 10.2 Å². The molecular formula is C11H20N2. The van der Waals surface area contributed by atoms with Crippen molar-refractivity contribution >= 4 is 0 Å². The normalized spacial score (nSPS) is 19.5. The lowest BCUT2D eigenvalue weighted by atomic mass is 9.88. The molecule has 1 N–H and O–H groups in total. The Balaban J connectivity index is 2.23. The maximum Gasteiger partial charge on any atom is 0.0598 e. The molecule has 1 aliphatic rings. The van der Waals surface area contributed by atoms with Crippen molar-refractivity contribution < 1.29 is 0 Å². The van der Waals surface area contributed by atoms with Gasteiger partial charge in [0.15, 0.2) is 0 Å². The van der Waals surface area contributed by atoms with E-state index in [4.69, 9.17) is 6.42 Å². The fourth-order valence-electron chi connectivity index (χ4n) is 1.70. The Hall–Kier alpha value is -0.520. The van der Waals surface area contributed by atoms with Gasteiger partial charge in [0.1, 0.15) is 0 Å². The monoisotopic (exact) mass is 180 g/mol. The van der Waals surface area contributed by atoms with Gasteiger partial charge in [-0.05, 0) is 31.5 Å². The summed E-state index contributed by atoms with van der Waals surface area (Å²) in [6, 6.07) is 0. The van der Waals surface area contributed by atoms with E-state index in [1.165, 1.54) is 13.1 Å². The summed E-state index contributed by atoms with van der Waals surface area (Å²) in [4.78, 5) is 2.34. The molecule has 0 aliphatic carbocycles. The molecule has 2 heteroatoms. The summed E-state index contributed by atoms with van der Waals surface area (Å²) in [5.74, 6) is 4.35. The average Bonchev–Trinajstić information content (AvgIpc) is 2.00. The summed E-state index contributed by atoms with van der Waals surface area (Å²) in [5, 5.41) is 3.31. The number of nitrogens with one attached hydrogen (secondary N) is 1. The molecule has 1 atom stereocenters. The van der Waals surface area contributed by atoms with Gasteiger partial charge in [0.05, 0.1) is 6.54 Å². The summed E-state index contributed by atoms with van der Waals surface area (Å²) in [6.07, 6.45) is 5.30. The molecule has 1 saturated heterocycles. The van der Waals surface area contributed by atoms with Crippen LogP contribution in [-0.2, 0) is 0 Å². The smallest absolute Gasteiger partial charge is 0.0598 e. The molecule has 0 bridgehead atoms. The first-order valence-corrected chi connectivity index (χ1v) is 5.14. The van der Waals surface area contributed by atoms with E-state index in [9.17, 15) is 0 Å². The second-order valence-electron chi connectivity index (χ2n) is 3.93. The molecule has 1 unspecified atom stereocenters. The Kier molecular flexibility index (Phi) is 4.27. The first kappa shape index (κ1) is 10.6. The average molecular weight is 180 g/mol. The van der Waals surface area contributed by atoms with Crippen LogP contribution in [0.3, 0.4) is 0 Å². The highest BCUT2D eigenvalue weighted by atomic mass is 15.1. The van der Waals surface area contributed by atoms with Crippen molar-refractivity contribution in [3.63, 3.8) is 0 Å². The van der Waals surface area contributed by atoms with E-state index in [1.807, 2.05) is 0 Å². The molecule has 0 radical (unpaired) electrons. The molecule has 0 spiro atoms. The van der Waals surface area contributed by atoms with Crippen LogP contribution in [0.2, 0.25) is 0 Å². The Morgan fingerprint density at radius 2 is 2.31 bits per heavy atom. The molecule has 1 heterocycles. The standard InChI is InChI=1S/C11H20N2/c1-4-6-13(5-2)9-10(3)11-7-12-8-11/h1,10-12H,5-9H2,2-3H3. The van der Waals surface area contributed by atoms with Crippen molar-refractivity contribution in [2.24, 2.45) is 11.8 Å². The molecule has 0 amide bonds. The van der Waals surface area contributed by atoms with E-state index in [1.54, 1.807) is 0 Å². The third kappa shape index (κ3) is 3.02. The molecule has 74 valence electrons. The second-order valence-corrected chi connectivity index (χ2v) is 3.93. The molecule has 13 heavy (non-hydrogen) atoms. The molecule has 0 aromatic carbocycles. The van der Waals surface area contributed by atoms with Gasteiger partial charge in [0, 0.05) is 6.54 Å². The first-order chi connectivity index (χ1) is 6.27. The number of nitrogens with zero attached hydrogens (tertiary/aromatic N) is 1. The molecule has 2 nitrogen and oxygen atoms in total. The zero-order chi connectivity index (χ0) is 9.68. The van der Waals surface area contributed by atoms with Gasteiger partial charge in [0.25, 0.3) is 0 Å². The van der Waals surface area contributed by atoms with Gasteiger partial charge < -0.3 is 5.32 Å². The van der Waals surface area contributed by atoms with Crippen molar-refractivity contribution in [2.45, 2.75) is 13.8 Å². The molecule has 1 fully saturated rings. The van der Waals surface area contributed by atoms with Crippen molar-refractivity contribution in [2.75, 3.05) is 32.7 Å². The van der Waals surface area contributed by atoms with Gasteiger partial charge in [-0.1, -0.05) is 19.8 Å². The molecule has 0 aromatic heterocycles. The topological polar surface area (TPSA) is 15.3 Å². The van der Waals surface area contributed by atoms with Crippen LogP contribution < -0.4 is 5.32 Å². The van der Waals surface area contributed by atoms with E-state index >= 15 is 0 Å². The summed E-state index contributed by atoms with van der Waals surface area (Å²) in [5.41, 5.74) is 0. The fraction of sp³-hybridized carbons (Fsp3) is 0.818. The van der Waals surface area contributed by atoms with Crippen LogP contribution in [0.25, 0.3) is 0 Å². The van der Waals surface area contributed by atoms with E-state index in [2.05, 4.69) is 30.0 Å². The maximum absolute atomic E-state index is 5.30. The van der Waals surface area contributed by atoms with Crippen LogP contribution in [-0.4, -0.2) is 37.6 Å². The van der Waals surface area contributed by atoms with Gasteiger partial charge >= 0.3 is 0 Å². The minimum absolute atomic E-state index is 0.773. The highest BCUT2D eigenvalue weighted by molar-refractivity contribution is 4.89. The van der Waals surface area contributed by atoms with E-state index in [-0.39, 0.29) is 0 Å². The lowest BCUT2D eigenvalue weighted by Crippen LogP contribution is -2.48. The zero-order valence-corrected chi connectivity index (χ0v) is 8.71. The molecule has 1 rings (SSSR count). The lowest BCUT2D eigenvalue weighted by Gasteiger charge is -2.35. The largest absolute Gasteiger partial charge is 0.316 e. The second kappa shape index (κ2) is 5.26. The highest BCUT2D eigenvalue weighted by Gasteiger charge is 2.24. The molecule has 1 aliphatic heterocycles. The Morgan fingerprint density at radius 1 is 1.62 bits per heavy atom. The van der Waals surface area contributed by atoms with E-state index in [0.717, 1.165) is 31.5 Å². The Bertz CT molecular complexity index is 179. The van der Waals surface area contributed by atoms with Crippen molar-refractivity contribution in [3.05, 3.63) is 0 Å². The van der Waals surface area contributed by atoms with Crippen LogP contribution in [0, 0.1) is 24.2 Å². The predicted octanol–water partition coefficient (Wildman–Crippen LogP) is 0.797. The number of hydrogen-bond donors (Lipinski definition) is 1. The van der Waals surface area contributed by atoms with Crippen LogP contribution >= 0.6 is 0 Å². The lowest BCUT2D eigenvalue weighted by molar-refractivity contribution is 0.182. The van der Waals surface area contributed by atoms with Gasteiger partial charge in [-0.25, -0.2) is 0 Å². The first-order valence-electron chi connectivity index (χ1n) is 5.14. The number of terminal acetylenes is 1. The van der Waals surface area contributed by atoms with Crippen molar-refractivity contribution in [3.8, 4) is 12.3 Å². The molecular weight excluding hydrogens is 160 g/mol. The fourth-order valence-corrected chi connectivity index (χ4v) is 1.70. The third-order valence-electron chi connectivity index (χ3n) is 2.93. The maximum atomic E-state index is 5.30. The Morgan fingerprint density at radius 3 is 2.69 bits per heavy atom. The van der Waals surface area contributed by atoms with Crippen molar-refractivity contribution in [1.29, 1.82) is 0 Å². The predicted molar refractivity (Wildman–Crippen MR) is 56.5 cm³/mol. The number of rotatable bonds is 5. The van der Waals surface area contributed by atoms with E-state index < -0.39 is 0 Å². The minimum Gasteiger partial charge on any atom is -0.316 e. The SMILES string of the molecule is C#CCN(CC)CC(C)C1CNC1. The third-order valence-corrected chi connectivity index (χ3v) is 2.93. The van der Waals surface area contributed by atoms with Crippen LogP contribution in [0.15, 0.2) is 0 Å². The summed E-state index contributed by atoms with van der Waals surface area (Å²) in [7, 11) is 0. The van der Waals surface area contributed by atoms with Gasteiger partial charge in [-0.3, -0.25) is 4.90 Å². The summed E-state index contributed by atoms with van der Waals surface area (Å²) < 4.78 is 0. The zero-order valence-electron chi connectivity index (χ0n) is 8.71. The van der Waals surface area contributed by atoms with Gasteiger partial charge in [-0.2, -0.15) is 0 Å². The van der Waals surface area contributed by atoms with E-state index in [0.29, 0.717) is 0 Å². The van der Waals surface area contributed by atoms with Crippen LogP contribution in [0.1, 0.15) is 13.8 Å². The molecule has 0 saturated carbocycles. The minimum atomic E-state index is 0.773. The highest BCUT2D eigenvalue weighted by Crippen LogP contribution is 2.16. The summed E-state index contributed by atoms with van der Waals surface area (Å²) in [6.45, 7) is 9.88. The quantitative estimate of drug-likeness (QED) is 0.630. The van der Waals surface area contributed by atoms with Crippen LogP contribution in [0.4, 0.5) is 0 Å². The summed E-state index contributed by atoms with van der Waals surface area (Å²) >= 11 is 0.